The highest BCUT2D eigenvalue weighted by molar-refractivity contribution is 7.11. The first kappa shape index (κ1) is 15.6. The summed E-state index contributed by atoms with van der Waals surface area (Å²) < 4.78 is 0. The summed E-state index contributed by atoms with van der Waals surface area (Å²) in [6.07, 6.45) is 2.66. The van der Waals surface area contributed by atoms with Crippen LogP contribution in [-0.2, 0) is 6.42 Å². The topological polar surface area (TPSA) is 67.8 Å². The van der Waals surface area contributed by atoms with Crippen molar-refractivity contribution in [3.63, 3.8) is 0 Å². The minimum Gasteiger partial charge on any atom is -0.352 e. The Morgan fingerprint density at radius 1 is 1.13 bits per heavy atom. The van der Waals surface area contributed by atoms with Crippen LogP contribution in [0.2, 0.25) is 0 Å². The lowest BCUT2D eigenvalue weighted by Gasteiger charge is -2.06. The molecular weight excluding hydrogens is 308 g/mol. The zero-order valence-electron chi connectivity index (χ0n) is 13.4. The lowest BCUT2D eigenvalue weighted by molar-refractivity contribution is 0.0954. The lowest BCUT2D eigenvalue weighted by Crippen LogP contribution is -2.25. The van der Waals surface area contributed by atoms with Crippen LogP contribution >= 0.6 is 11.3 Å². The van der Waals surface area contributed by atoms with Gasteiger partial charge in [-0.15, -0.1) is 11.3 Å². The Labute approximate surface area is 138 Å². The number of thiazole rings is 1. The van der Waals surface area contributed by atoms with Crippen molar-refractivity contribution in [3.05, 3.63) is 51.2 Å². The van der Waals surface area contributed by atoms with Gasteiger partial charge in [-0.3, -0.25) is 4.79 Å². The van der Waals surface area contributed by atoms with E-state index in [1.54, 1.807) is 23.5 Å². The molecule has 0 bridgehead atoms. The molecule has 3 aromatic rings. The molecule has 0 atom stereocenters. The van der Waals surface area contributed by atoms with E-state index in [2.05, 4.69) is 20.3 Å². The summed E-state index contributed by atoms with van der Waals surface area (Å²) in [4.78, 5) is 26.6. The van der Waals surface area contributed by atoms with Crippen molar-refractivity contribution >= 4 is 28.3 Å². The van der Waals surface area contributed by atoms with Gasteiger partial charge in [0.2, 0.25) is 0 Å². The van der Waals surface area contributed by atoms with E-state index >= 15 is 0 Å². The lowest BCUT2D eigenvalue weighted by atomic mass is 10.1. The first-order valence-corrected chi connectivity index (χ1v) is 8.29. The van der Waals surface area contributed by atoms with Gasteiger partial charge in [-0.2, -0.15) is 0 Å². The zero-order chi connectivity index (χ0) is 16.4. The molecule has 2 aromatic heterocycles. The van der Waals surface area contributed by atoms with Gasteiger partial charge in [-0.1, -0.05) is 0 Å². The second kappa shape index (κ2) is 6.42. The van der Waals surface area contributed by atoms with Crippen LogP contribution in [0, 0.1) is 20.8 Å². The highest BCUT2D eigenvalue weighted by Gasteiger charge is 2.09. The summed E-state index contributed by atoms with van der Waals surface area (Å²) in [7, 11) is 0. The third-order valence-electron chi connectivity index (χ3n) is 3.66. The predicted molar refractivity (Wildman–Crippen MR) is 91.9 cm³/mol. The summed E-state index contributed by atoms with van der Waals surface area (Å²) in [6.45, 7) is 6.43. The Morgan fingerprint density at radius 2 is 1.87 bits per heavy atom. The molecule has 6 heteroatoms. The van der Waals surface area contributed by atoms with Crippen LogP contribution < -0.4 is 5.32 Å². The van der Waals surface area contributed by atoms with Crippen LogP contribution in [0.3, 0.4) is 0 Å². The molecule has 0 saturated heterocycles. The quantitative estimate of drug-likeness (QED) is 0.800. The monoisotopic (exact) mass is 326 g/mol. The fourth-order valence-electron chi connectivity index (χ4n) is 2.29. The highest BCUT2D eigenvalue weighted by Crippen LogP contribution is 2.15. The molecule has 0 aliphatic carbocycles. The fourth-order valence-corrected chi connectivity index (χ4v) is 3.09. The molecule has 0 saturated carbocycles. The molecule has 0 aliphatic rings. The Hall–Kier alpha value is -2.34. The Bertz CT molecular complexity index is 872. The highest BCUT2D eigenvalue weighted by atomic mass is 32.1. The summed E-state index contributed by atoms with van der Waals surface area (Å²) in [5.41, 5.74) is 3.96. The average Bonchev–Trinajstić information content (AvgIpc) is 2.93. The van der Waals surface area contributed by atoms with Crippen LogP contribution in [0.25, 0.3) is 11.0 Å². The summed E-state index contributed by atoms with van der Waals surface area (Å²) in [5, 5.41) is 3.99. The van der Waals surface area contributed by atoms with Crippen molar-refractivity contribution in [2.75, 3.05) is 6.54 Å². The van der Waals surface area contributed by atoms with E-state index in [4.69, 9.17) is 0 Å². The number of carbonyl (C=O) groups excluding carboxylic acids is 1. The number of hydrogen-bond donors (Lipinski definition) is 1. The molecule has 0 unspecified atom stereocenters. The maximum Gasteiger partial charge on any atom is 0.251 e. The summed E-state index contributed by atoms with van der Waals surface area (Å²) in [5.74, 6) is -0.0897. The maximum absolute atomic E-state index is 12.3. The Balaban J connectivity index is 1.69. The SMILES string of the molecule is Cc1ncc(CCNC(=O)c2ccc3nc(C)c(C)nc3c2)s1. The van der Waals surface area contributed by atoms with E-state index in [9.17, 15) is 4.79 Å². The molecule has 0 radical (unpaired) electrons. The number of benzene rings is 1. The molecule has 1 N–H and O–H groups in total. The molecule has 0 spiro atoms. The smallest absolute Gasteiger partial charge is 0.251 e. The Morgan fingerprint density at radius 3 is 2.57 bits per heavy atom. The van der Waals surface area contributed by atoms with Gasteiger partial charge in [-0.25, -0.2) is 15.0 Å². The molecular formula is C17H18N4OS. The molecule has 118 valence electrons. The number of fused-ring (bicyclic) bond motifs is 1. The predicted octanol–water partition coefficient (Wildman–Crippen LogP) is 2.98. The van der Waals surface area contributed by atoms with Crippen LogP contribution in [0.5, 0.6) is 0 Å². The van der Waals surface area contributed by atoms with E-state index in [0.29, 0.717) is 12.1 Å². The molecule has 23 heavy (non-hydrogen) atoms. The van der Waals surface area contributed by atoms with Crippen molar-refractivity contribution in [3.8, 4) is 0 Å². The van der Waals surface area contributed by atoms with E-state index < -0.39 is 0 Å². The number of hydrogen-bond acceptors (Lipinski definition) is 5. The van der Waals surface area contributed by atoms with Gasteiger partial charge in [-0.05, 0) is 39.0 Å². The molecule has 0 aliphatic heterocycles. The minimum absolute atomic E-state index is 0.0897. The normalized spacial score (nSPS) is 10.9. The number of nitrogens with one attached hydrogen (secondary N) is 1. The molecule has 5 nitrogen and oxygen atoms in total. The van der Waals surface area contributed by atoms with Crippen LogP contribution in [-0.4, -0.2) is 27.4 Å². The average molecular weight is 326 g/mol. The van der Waals surface area contributed by atoms with Crippen molar-refractivity contribution in [1.82, 2.24) is 20.3 Å². The third-order valence-corrected chi connectivity index (χ3v) is 4.64. The van der Waals surface area contributed by atoms with Gasteiger partial charge in [0.25, 0.3) is 5.91 Å². The second-order valence-corrected chi connectivity index (χ2v) is 6.77. The van der Waals surface area contributed by atoms with Crippen LogP contribution in [0.15, 0.2) is 24.4 Å². The van der Waals surface area contributed by atoms with Crippen molar-refractivity contribution in [2.24, 2.45) is 0 Å². The first-order chi connectivity index (χ1) is 11.0. The summed E-state index contributed by atoms with van der Waals surface area (Å²) in [6, 6.07) is 5.43. The number of aryl methyl sites for hydroxylation is 3. The number of carbonyl (C=O) groups is 1. The fraction of sp³-hybridized carbons (Fsp3) is 0.294. The van der Waals surface area contributed by atoms with E-state index in [1.807, 2.05) is 33.0 Å². The third kappa shape index (κ3) is 3.53. The van der Waals surface area contributed by atoms with Gasteiger partial charge < -0.3 is 5.32 Å². The van der Waals surface area contributed by atoms with Crippen LogP contribution in [0.1, 0.15) is 31.6 Å². The standard InChI is InChI=1S/C17H18N4OS/c1-10-11(2)21-16-8-13(4-5-15(16)20-10)17(22)18-7-6-14-9-19-12(3)23-14/h4-5,8-9H,6-7H2,1-3H3,(H,18,22). The van der Waals surface area contributed by atoms with Crippen molar-refractivity contribution in [2.45, 2.75) is 27.2 Å². The van der Waals surface area contributed by atoms with Gasteiger partial charge in [0.1, 0.15) is 0 Å². The van der Waals surface area contributed by atoms with Gasteiger partial charge in [0, 0.05) is 29.6 Å². The van der Waals surface area contributed by atoms with Gasteiger partial charge in [0.05, 0.1) is 27.4 Å². The molecule has 1 aromatic carbocycles. The Kier molecular flexibility index (Phi) is 4.34. The van der Waals surface area contributed by atoms with Crippen LogP contribution in [0.4, 0.5) is 0 Å². The molecule has 0 fully saturated rings. The molecule has 1 amide bonds. The molecule has 2 heterocycles. The van der Waals surface area contributed by atoms with E-state index in [1.165, 1.54) is 4.88 Å². The minimum atomic E-state index is -0.0897. The van der Waals surface area contributed by atoms with E-state index in [-0.39, 0.29) is 5.91 Å². The van der Waals surface area contributed by atoms with Gasteiger partial charge in [0.15, 0.2) is 0 Å². The number of rotatable bonds is 4. The number of aromatic nitrogens is 3. The van der Waals surface area contributed by atoms with Crippen molar-refractivity contribution < 1.29 is 4.79 Å². The second-order valence-electron chi connectivity index (χ2n) is 5.45. The van der Waals surface area contributed by atoms with Crippen molar-refractivity contribution in [1.29, 1.82) is 0 Å². The molecule has 3 rings (SSSR count). The van der Waals surface area contributed by atoms with E-state index in [0.717, 1.165) is 33.8 Å². The largest absolute Gasteiger partial charge is 0.352 e. The maximum atomic E-state index is 12.3. The van der Waals surface area contributed by atoms with Gasteiger partial charge >= 0.3 is 0 Å². The first-order valence-electron chi connectivity index (χ1n) is 7.47. The number of amides is 1. The zero-order valence-corrected chi connectivity index (χ0v) is 14.2. The number of nitrogens with zero attached hydrogens (tertiary/aromatic N) is 3. The summed E-state index contributed by atoms with van der Waals surface area (Å²) >= 11 is 1.66.